The molecule has 0 saturated carbocycles. The zero-order valence-electron chi connectivity index (χ0n) is 30.7. The number of aryl methyl sites for hydroxylation is 4. The van der Waals surface area contributed by atoms with Crippen molar-refractivity contribution in [3.8, 4) is 0 Å². The van der Waals surface area contributed by atoms with Gasteiger partial charge < -0.3 is 9.80 Å². The Labute approximate surface area is 323 Å². The second-order valence-electron chi connectivity index (χ2n) is 14.4. The monoisotopic (exact) mass is 730 g/mol. The molecule has 4 heteroatoms. The highest BCUT2D eigenvalue weighted by molar-refractivity contribution is 7.26. The Balaban J connectivity index is 1.14. The predicted octanol–water partition coefficient (Wildman–Crippen LogP) is 15.7. The molecule has 2 nitrogen and oxygen atoms in total. The van der Waals surface area contributed by atoms with Crippen molar-refractivity contribution >= 4 is 108 Å². The zero-order valence-corrected chi connectivity index (χ0v) is 32.4. The SMILES string of the molecule is Cc1ccccc1N(c1ccc2sc3cc4cc5sc6ccc(N(c7ccccc7C)c7ccccc7C)cc6c5cc4cc3c2c1)c1ccccc1C. The van der Waals surface area contributed by atoms with Crippen LogP contribution in [0.4, 0.5) is 34.1 Å². The molecule has 0 saturated heterocycles. The van der Waals surface area contributed by atoms with Gasteiger partial charge in [-0.2, -0.15) is 0 Å². The summed E-state index contributed by atoms with van der Waals surface area (Å²) in [5, 5.41) is 7.77. The summed E-state index contributed by atoms with van der Waals surface area (Å²) in [6.45, 7) is 8.80. The molecule has 260 valence electrons. The molecule has 0 unspecified atom stereocenters. The molecule has 0 aliphatic rings. The van der Waals surface area contributed by atoms with E-state index < -0.39 is 0 Å². The van der Waals surface area contributed by atoms with Gasteiger partial charge in [-0.25, -0.2) is 0 Å². The van der Waals surface area contributed by atoms with Gasteiger partial charge in [-0.15, -0.1) is 22.7 Å². The summed E-state index contributed by atoms with van der Waals surface area (Å²) in [6.07, 6.45) is 0. The van der Waals surface area contributed by atoms with E-state index in [-0.39, 0.29) is 0 Å². The van der Waals surface area contributed by atoms with E-state index in [4.69, 9.17) is 0 Å². The second kappa shape index (κ2) is 12.9. The smallest absolute Gasteiger partial charge is 0.0490 e. The Morgan fingerprint density at radius 3 is 0.981 bits per heavy atom. The molecule has 10 rings (SSSR count). The highest BCUT2D eigenvalue weighted by Crippen LogP contribution is 2.46. The lowest BCUT2D eigenvalue weighted by Gasteiger charge is -2.28. The molecular weight excluding hydrogens is 693 g/mol. The quantitative estimate of drug-likeness (QED) is 0.168. The maximum atomic E-state index is 2.43. The lowest BCUT2D eigenvalue weighted by atomic mass is 10.0. The number of anilines is 6. The van der Waals surface area contributed by atoms with Gasteiger partial charge in [0.15, 0.2) is 0 Å². The summed E-state index contributed by atoms with van der Waals surface area (Å²) < 4.78 is 5.26. The lowest BCUT2D eigenvalue weighted by molar-refractivity contribution is 1.23. The van der Waals surface area contributed by atoms with Crippen molar-refractivity contribution in [2.45, 2.75) is 27.7 Å². The first-order chi connectivity index (χ1) is 26.4. The summed E-state index contributed by atoms with van der Waals surface area (Å²) in [5.41, 5.74) is 12.1. The fraction of sp³-hybridized carbons (Fsp3) is 0.0800. The third-order valence-electron chi connectivity index (χ3n) is 10.9. The van der Waals surface area contributed by atoms with Crippen LogP contribution < -0.4 is 9.80 Å². The minimum Gasteiger partial charge on any atom is -0.310 e. The van der Waals surface area contributed by atoms with Crippen LogP contribution in [0.3, 0.4) is 0 Å². The van der Waals surface area contributed by atoms with Crippen LogP contribution in [0.5, 0.6) is 0 Å². The van der Waals surface area contributed by atoms with Crippen molar-refractivity contribution in [3.05, 3.63) is 180 Å². The molecule has 0 aliphatic carbocycles. The van der Waals surface area contributed by atoms with Crippen LogP contribution in [0.15, 0.2) is 158 Å². The molecule has 0 amide bonds. The van der Waals surface area contributed by atoms with Gasteiger partial charge in [0.2, 0.25) is 0 Å². The van der Waals surface area contributed by atoms with Crippen LogP contribution in [0, 0.1) is 27.7 Å². The van der Waals surface area contributed by atoms with Gasteiger partial charge in [-0.1, -0.05) is 72.8 Å². The summed E-state index contributed by atoms with van der Waals surface area (Å²) in [4.78, 5) is 4.84. The maximum absolute atomic E-state index is 2.43. The first kappa shape index (κ1) is 32.7. The molecule has 2 aromatic heterocycles. The highest BCUT2D eigenvalue weighted by atomic mass is 32.1. The van der Waals surface area contributed by atoms with Gasteiger partial charge in [0, 0.05) is 74.5 Å². The third-order valence-corrected chi connectivity index (χ3v) is 13.2. The van der Waals surface area contributed by atoms with Crippen molar-refractivity contribution in [3.63, 3.8) is 0 Å². The molecule has 0 radical (unpaired) electrons. The molecule has 0 aliphatic heterocycles. The number of para-hydroxylation sites is 4. The minimum absolute atomic E-state index is 1.17. The van der Waals surface area contributed by atoms with Gasteiger partial charge in [-0.3, -0.25) is 0 Å². The van der Waals surface area contributed by atoms with E-state index in [9.17, 15) is 0 Å². The molecule has 0 fully saturated rings. The summed E-state index contributed by atoms with van der Waals surface area (Å²) in [6, 6.07) is 58.4. The number of rotatable bonds is 6. The predicted molar refractivity (Wildman–Crippen MR) is 238 cm³/mol. The van der Waals surface area contributed by atoms with Crippen LogP contribution in [-0.4, -0.2) is 0 Å². The standard InChI is InChI=1S/C50H38N2S2/c1-31-13-5-9-17-43(31)51(44-18-10-6-14-32(44)2)37-21-23-47-41(29-37)39-25-35-26-40-42-30-38(22-24-48(42)54-50(40)28-36(35)27-49(39)53-47)52(45-19-11-7-15-33(45)3)46-20-12-8-16-34(46)4/h5-30H,1-4H3. The van der Waals surface area contributed by atoms with E-state index in [1.165, 1.54) is 107 Å². The second-order valence-corrected chi connectivity index (χ2v) is 16.6. The number of nitrogens with zero attached hydrogens (tertiary/aromatic N) is 2. The van der Waals surface area contributed by atoms with Gasteiger partial charge in [0.05, 0.1) is 0 Å². The topological polar surface area (TPSA) is 6.48 Å². The van der Waals surface area contributed by atoms with Crippen LogP contribution >= 0.6 is 22.7 Å². The van der Waals surface area contributed by atoms with Gasteiger partial charge in [0.25, 0.3) is 0 Å². The average Bonchev–Trinajstić information content (AvgIpc) is 3.72. The molecule has 54 heavy (non-hydrogen) atoms. The zero-order chi connectivity index (χ0) is 36.5. The fourth-order valence-electron chi connectivity index (χ4n) is 8.12. The number of fused-ring (bicyclic) bond motifs is 7. The fourth-order valence-corrected chi connectivity index (χ4v) is 10.4. The molecule has 0 spiro atoms. The van der Waals surface area contributed by atoms with Crippen LogP contribution in [0.1, 0.15) is 22.3 Å². The molecule has 10 aromatic rings. The van der Waals surface area contributed by atoms with E-state index in [1.807, 2.05) is 22.7 Å². The summed E-state index contributed by atoms with van der Waals surface area (Å²) in [7, 11) is 0. The van der Waals surface area contributed by atoms with Gasteiger partial charge >= 0.3 is 0 Å². The molecule has 0 atom stereocenters. The van der Waals surface area contributed by atoms with Gasteiger partial charge in [0.1, 0.15) is 0 Å². The van der Waals surface area contributed by atoms with Crippen molar-refractivity contribution in [2.75, 3.05) is 9.80 Å². The minimum atomic E-state index is 1.17. The van der Waals surface area contributed by atoms with Crippen molar-refractivity contribution in [1.82, 2.24) is 0 Å². The number of hydrogen-bond acceptors (Lipinski definition) is 4. The van der Waals surface area contributed by atoms with Crippen molar-refractivity contribution < 1.29 is 0 Å². The van der Waals surface area contributed by atoms with Crippen LogP contribution in [0.2, 0.25) is 0 Å². The summed E-state index contributed by atoms with van der Waals surface area (Å²) >= 11 is 3.78. The molecule has 0 bridgehead atoms. The van der Waals surface area contributed by atoms with E-state index in [0.717, 1.165) is 0 Å². The van der Waals surface area contributed by atoms with E-state index in [1.54, 1.807) is 0 Å². The first-order valence-corrected chi connectivity index (χ1v) is 20.1. The molecular formula is C50H38N2S2. The van der Waals surface area contributed by atoms with E-state index in [2.05, 4.69) is 195 Å². The van der Waals surface area contributed by atoms with Crippen molar-refractivity contribution in [1.29, 1.82) is 0 Å². The third kappa shape index (κ3) is 5.36. The summed E-state index contributed by atoms with van der Waals surface area (Å²) in [5.74, 6) is 0. The lowest BCUT2D eigenvalue weighted by Crippen LogP contribution is -2.12. The Kier molecular flexibility index (Phi) is 7.79. The Morgan fingerprint density at radius 1 is 0.315 bits per heavy atom. The molecule has 2 heterocycles. The Hall–Kier alpha value is -5.94. The van der Waals surface area contributed by atoms with Crippen LogP contribution in [0.25, 0.3) is 51.1 Å². The number of thiophene rings is 2. The van der Waals surface area contributed by atoms with Crippen molar-refractivity contribution in [2.24, 2.45) is 0 Å². The van der Waals surface area contributed by atoms with E-state index >= 15 is 0 Å². The number of hydrogen-bond donors (Lipinski definition) is 0. The first-order valence-electron chi connectivity index (χ1n) is 18.5. The number of benzene rings is 8. The van der Waals surface area contributed by atoms with E-state index in [0.29, 0.717) is 0 Å². The average molecular weight is 731 g/mol. The Bertz CT molecular complexity index is 2780. The molecule has 8 aromatic carbocycles. The highest BCUT2D eigenvalue weighted by Gasteiger charge is 2.20. The Morgan fingerprint density at radius 2 is 0.630 bits per heavy atom. The molecule has 0 N–H and O–H groups in total. The maximum Gasteiger partial charge on any atom is 0.0490 e. The van der Waals surface area contributed by atoms with Gasteiger partial charge in [-0.05, 0) is 146 Å². The largest absolute Gasteiger partial charge is 0.310 e. The van der Waals surface area contributed by atoms with Crippen LogP contribution in [-0.2, 0) is 0 Å². The normalized spacial score (nSPS) is 11.7.